The van der Waals surface area contributed by atoms with Crippen molar-refractivity contribution in [2.45, 2.75) is 6.92 Å². The Morgan fingerprint density at radius 1 is 1.19 bits per heavy atom. The van der Waals surface area contributed by atoms with Gasteiger partial charge in [-0.3, -0.25) is 4.68 Å². The van der Waals surface area contributed by atoms with E-state index in [0.717, 1.165) is 22.4 Å². The molecule has 6 heteroatoms. The van der Waals surface area contributed by atoms with E-state index in [0.29, 0.717) is 11.6 Å². The van der Waals surface area contributed by atoms with Crippen molar-refractivity contribution < 1.29 is 0 Å². The molecule has 3 aromatic rings. The minimum Gasteiger partial charge on any atom is -0.308 e. The van der Waals surface area contributed by atoms with E-state index in [-0.39, 0.29) is 0 Å². The Kier molecular flexibility index (Phi) is 3.37. The first kappa shape index (κ1) is 13.3. The van der Waals surface area contributed by atoms with Crippen molar-refractivity contribution >= 4 is 5.82 Å². The molecular weight excluding hydrogens is 264 g/mol. The first-order valence-corrected chi connectivity index (χ1v) is 6.58. The molecule has 3 N–H and O–H groups in total. The molecule has 0 fully saturated rings. The number of nitrogens with two attached hydrogens (primary N) is 1. The van der Waals surface area contributed by atoms with E-state index in [1.54, 1.807) is 16.9 Å². The minimum atomic E-state index is 0.571. The van der Waals surface area contributed by atoms with Crippen molar-refractivity contribution in [3.63, 3.8) is 0 Å². The summed E-state index contributed by atoms with van der Waals surface area (Å²) in [7, 11) is 1.87. The third-order valence-corrected chi connectivity index (χ3v) is 3.26. The lowest BCUT2D eigenvalue weighted by Crippen LogP contribution is -2.10. The summed E-state index contributed by atoms with van der Waals surface area (Å²) in [4.78, 5) is 9.08. The summed E-state index contributed by atoms with van der Waals surface area (Å²) in [5, 5.41) is 4.17. The lowest BCUT2D eigenvalue weighted by atomic mass is 10.1. The van der Waals surface area contributed by atoms with Crippen molar-refractivity contribution in [2.24, 2.45) is 12.9 Å². The quantitative estimate of drug-likeness (QED) is 0.567. The van der Waals surface area contributed by atoms with E-state index in [2.05, 4.69) is 20.5 Å². The number of hydrogen-bond donors (Lipinski definition) is 2. The fourth-order valence-corrected chi connectivity index (χ4v) is 2.17. The molecule has 2 heterocycles. The van der Waals surface area contributed by atoms with Gasteiger partial charge >= 0.3 is 0 Å². The predicted octanol–water partition coefficient (Wildman–Crippen LogP) is 2.14. The Bertz CT molecular complexity index is 777. The maximum atomic E-state index is 5.53. The van der Waals surface area contributed by atoms with Gasteiger partial charge in [-0.25, -0.2) is 15.8 Å². The lowest BCUT2D eigenvalue weighted by Gasteiger charge is -2.08. The van der Waals surface area contributed by atoms with E-state index >= 15 is 0 Å². The van der Waals surface area contributed by atoms with Crippen LogP contribution in [0.5, 0.6) is 0 Å². The molecule has 0 radical (unpaired) electrons. The first-order valence-electron chi connectivity index (χ1n) is 6.58. The number of aromatic nitrogens is 4. The average molecular weight is 280 g/mol. The normalized spacial score (nSPS) is 10.6. The Morgan fingerprint density at radius 2 is 2.00 bits per heavy atom. The van der Waals surface area contributed by atoms with Gasteiger partial charge in [0.2, 0.25) is 0 Å². The SMILES string of the molecule is Cc1ccccc1-c1nc(NN)cc(-c2cnn(C)c2)n1. The van der Waals surface area contributed by atoms with Crippen LogP contribution in [-0.2, 0) is 7.05 Å². The molecule has 0 aliphatic heterocycles. The Balaban J connectivity index is 2.16. The first-order chi connectivity index (χ1) is 10.2. The summed E-state index contributed by atoms with van der Waals surface area (Å²) in [6.45, 7) is 2.03. The number of nitrogens with zero attached hydrogens (tertiary/aromatic N) is 4. The van der Waals surface area contributed by atoms with Crippen molar-refractivity contribution in [3.05, 3.63) is 48.3 Å². The molecule has 0 saturated carbocycles. The van der Waals surface area contributed by atoms with Crippen LogP contribution in [0.25, 0.3) is 22.6 Å². The number of aryl methyl sites for hydroxylation is 2. The molecule has 0 aliphatic carbocycles. The number of benzene rings is 1. The standard InChI is InChI=1S/C15H16N6/c1-10-5-3-4-6-12(10)15-18-13(7-14(19-15)20-16)11-8-17-21(2)9-11/h3-9H,16H2,1-2H3,(H,18,19,20). The zero-order valence-corrected chi connectivity index (χ0v) is 11.9. The van der Waals surface area contributed by atoms with Gasteiger partial charge < -0.3 is 5.43 Å². The second-order valence-electron chi connectivity index (χ2n) is 4.82. The largest absolute Gasteiger partial charge is 0.308 e. The molecule has 0 amide bonds. The Labute approximate surface area is 122 Å². The average Bonchev–Trinajstić information content (AvgIpc) is 2.94. The summed E-state index contributed by atoms with van der Waals surface area (Å²) in [5.74, 6) is 6.74. The molecule has 3 rings (SSSR count). The van der Waals surface area contributed by atoms with E-state index in [1.165, 1.54) is 0 Å². The van der Waals surface area contributed by atoms with Gasteiger partial charge in [-0.05, 0) is 12.5 Å². The van der Waals surface area contributed by atoms with Gasteiger partial charge in [0.15, 0.2) is 5.82 Å². The number of nitrogens with one attached hydrogen (secondary N) is 1. The molecule has 1 aromatic carbocycles. The van der Waals surface area contributed by atoms with E-state index in [4.69, 9.17) is 5.84 Å². The smallest absolute Gasteiger partial charge is 0.162 e. The highest BCUT2D eigenvalue weighted by Crippen LogP contribution is 2.25. The molecule has 0 atom stereocenters. The van der Waals surface area contributed by atoms with Gasteiger partial charge in [0, 0.05) is 30.4 Å². The molecule has 0 bridgehead atoms. The second-order valence-corrected chi connectivity index (χ2v) is 4.82. The van der Waals surface area contributed by atoms with Crippen LogP contribution in [0.2, 0.25) is 0 Å². The van der Waals surface area contributed by atoms with E-state index < -0.39 is 0 Å². The third-order valence-electron chi connectivity index (χ3n) is 3.26. The maximum Gasteiger partial charge on any atom is 0.162 e. The molecule has 0 saturated heterocycles. The van der Waals surface area contributed by atoms with Gasteiger partial charge in [0.05, 0.1) is 11.9 Å². The zero-order valence-electron chi connectivity index (χ0n) is 11.9. The van der Waals surface area contributed by atoms with Crippen LogP contribution in [0.4, 0.5) is 5.82 Å². The molecule has 106 valence electrons. The number of hydrogen-bond acceptors (Lipinski definition) is 5. The molecule has 0 unspecified atom stereocenters. The number of nitrogen functional groups attached to an aromatic ring is 1. The van der Waals surface area contributed by atoms with Gasteiger partial charge in [-0.2, -0.15) is 5.10 Å². The van der Waals surface area contributed by atoms with Gasteiger partial charge in [0.25, 0.3) is 0 Å². The van der Waals surface area contributed by atoms with Crippen molar-refractivity contribution in [3.8, 4) is 22.6 Å². The highest BCUT2D eigenvalue weighted by molar-refractivity contribution is 5.68. The van der Waals surface area contributed by atoms with Crippen molar-refractivity contribution in [2.75, 3.05) is 5.43 Å². The number of rotatable bonds is 3. The minimum absolute atomic E-state index is 0.571. The number of hydrazine groups is 1. The van der Waals surface area contributed by atoms with Crippen LogP contribution < -0.4 is 11.3 Å². The Hall–Kier alpha value is -2.73. The van der Waals surface area contributed by atoms with Gasteiger partial charge in [0.1, 0.15) is 5.82 Å². The molecule has 0 aliphatic rings. The summed E-state index contributed by atoms with van der Waals surface area (Å²) in [6.07, 6.45) is 3.68. The fraction of sp³-hybridized carbons (Fsp3) is 0.133. The van der Waals surface area contributed by atoms with E-state index in [9.17, 15) is 0 Å². The maximum absolute atomic E-state index is 5.53. The summed E-state index contributed by atoms with van der Waals surface area (Å²) >= 11 is 0. The van der Waals surface area contributed by atoms with Crippen LogP contribution in [0.1, 0.15) is 5.56 Å². The van der Waals surface area contributed by atoms with Gasteiger partial charge in [-0.1, -0.05) is 24.3 Å². The molecule has 21 heavy (non-hydrogen) atoms. The molecular formula is C15H16N6. The highest BCUT2D eigenvalue weighted by Gasteiger charge is 2.10. The topological polar surface area (TPSA) is 81.6 Å². The van der Waals surface area contributed by atoms with Crippen molar-refractivity contribution in [1.29, 1.82) is 0 Å². The fourth-order valence-electron chi connectivity index (χ4n) is 2.17. The van der Waals surface area contributed by atoms with E-state index in [1.807, 2.05) is 44.4 Å². The molecule has 0 spiro atoms. The number of anilines is 1. The summed E-state index contributed by atoms with van der Waals surface area (Å²) in [6, 6.07) is 9.80. The van der Waals surface area contributed by atoms with Gasteiger partial charge in [-0.15, -0.1) is 0 Å². The second kappa shape index (κ2) is 5.34. The molecule has 2 aromatic heterocycles. The Morgan fingerprint density at radius 3 is 2.67 bits per heavy atom. The van der Waals surface area contributed by atoms with Crippen LogP contribution >= 0.6 is 0 Å². The predicted molar refractivity (Wildman–Crippen MR) is 82.2 cm³/mol. The zero-order chi connectivity index (χ0) is 14.8. The third kappa shape index (κ3) is 2.61. The van der Waals surface area contributed by atoms with Crippen LogP contribution in [0.3, 0.4) is 0 Å². The molecule has 6 nitrogen and oxygen atoms in total. The lowest BCUT2D eigenvalue weighted by molar-refractivity contribution is 0.768. The monoisotopic (exact) mass is 280 g/mol. The van der Waals surface area contributed by atoms with Crippen LogP contribution in [-0.4, -0.2) is 19.7 Å². The highest BCUT2D eigenvalue weighted by atomic mass is 15.3. The van der Waals surface area contributed by atoms with Crippen LogP contribution in [0.15, 0.2) is 42.7 Å². The summed E-state index contributed by atoms with van der Waals surface area (Å²) in [5.41, 5.74) is 6.40. The van der Waals surface area contributed by atoms with Crippen LogP contribution in [0, 0.1) is 6.92 Å². The van der Waals surface area contributed by atoms with Crippen molar-refractivity contribution in [1.82, 2.24) is 19.7 Å². The summed E-state index contributed by atoms with van der Waals surface area (Å²) < 4.78 is 1.74.